The molecule has 1 N–H and O–H groups in total. The average Bonchev–Trinajstić information content (AvgIpc) is 2.81. The fourth-order valence-electron chi connectivity index (χ4n) is 4.19. The molecule has 0 radical (unpaired) electrons. The molecule has 0 spiro atoms. The van der Waals surface area contributed by atoms with Crippen LogP contribution in [0, 0.1) is 0 Å². The number of nitrogens with zero attached hydrogens (tertiary/aromatic N) is 5. The van der Waals surface area contributed by atoms with Gasteiger partial charge in [0.25, 0.3) is 0 Å². The van der Waals surface area contributed by atoms with Gasteiger partial charge in [0.1, 0.15) is 5.75 Å². The van der Waals surface area contributed by atoms with Crippen molar-refractivity contribution in [1.29, 1.82) is 0 Å². The molecule has 30 heavy (non-hydrogen) atoms. The zero-order valence-corrected chi connectivity index (χ0v) is 17.8. The van der Waals surface area contributed by atoms with Crippen molar-refractivity contribution in [3.8, 4) is 5.75 Å². The first-order valence-electron chi connectivity index (χ1n) is 11.0. The normalized spacial score (nSPS) is 18.4. The molecule has 0 atom stereocenters. The number of nitrogens with one attached hydrogen (secondary N) is 1. The van der Waals surface area contributed by atoms with Gasteiger partial charge in [-0.05, 0) is 49.4 Å². The van der Waals surface area contributed by atoms with Crippen LogP contribution in [0.2, 0.25) is 0 Å². The maximum Gasteiger partial charge on any atom is 0.225 e. The summed E-state index contributed by atoms with van der Waals surface area (Å²) in [7, 11) is 1.84. The molecule has 7 nitrogen and oxygen atoms in total. The lowest BCUT2D eigenvalue weighted by molar-refractivity contribution is 0.155. The molecule has 7 heteroatoms. The number of ether oxygens (including phenoxy) is 1. The minimum absolute atomic E-state index is 0.375. The number of aliphatic imine (C=N–C) groups is 1. The van der Waals surface area contributed by atoms with Crippen LogP contribution in [0.1, 0.15) is 37.7 Å². The molecule has 1 saturated heterocycles. The third kappa shape index (κ3) is 5.40. The van der Waals surface area contributed by atoms with Crippen molar-refractivity contribution in [3.63, 3.8) is 0 Å². The van der Waals surface area contributed by atoms with Crippen molar-refractivity contribution in [2.24, 2.45) is 4.99 Å². The Morgan fingerprint density at radius 2 is 1.83 bits per heavy atom. The van der Waals surface area contributed by atoms with E-state index in [0.717, 1.165) is 50.4 Å². The summed E-state index contributed by atoms with van der Waals surface area (Å²) in [6.07, 6.45) is 10.2. The summed E-state index contributed by atoms with van der Waals surface area (Å²) >= 11 is 0. The number of guanidine groups is 1. The van der Waals surface area contributed by atoms with Gasteiger partial charge < -0.3 is 19.9 Å². The van der Waals surface area contributed by atoms with Crippen LogP contribution < -0.4 is 15.0 Å². The quantitative estimate of drug-likeness (QED) is 0.606. The van der Waals surface area contributed by atoms with Gasteiger partial charge in [0.05, 0.1) is 6.10 Å². The van der Waals surface area contributed by atoms with Crippen LogP contribution >= 0.6 is 0 Å². The van der Waals surface area contributed by atoms with Crippen molar-refractivity contribution >= 4 is 11.9 Å². The van der Waals surface area contributed by atoms with E-state index in [1.807, 2.05) is 13.1 Å². The van der Waals surface area contributed by atoms with Crippen molar-refractivity contribution in [1.82, 2.24) is 20.2 Å². The Hall–Kier alpha value is -2.83. The molecule has 2 heterocycles. The summed E-state index contributed by atoms with van der Waals surface area (Å²) in [6.45, 7) is 4.28. The van der Waals surface area contributed by atoms with E-state index < -0.39 is 0 Å². The number of piperazine rings is 1. The molecule has 2 aromatic rings. The molecule has 1 aromatic carbocycles. The van der Waals surface area contributed by atoms with E-state index >= 15 is 0 Å². The third-order valence-electron chi connectivity index (χ3n) is 5.83. The highest BCUT2D eigenvalue weighted by molar-refractivity contribution is 5.80. The lowest BCUT2D eigenvalue weighted by atomic mass is 9.98. The summed E-state index contributed by atoms with van der Waals surface area (Å²) in [5.74, 6) is 2.71. The predicted octanol–water partition coefficient (Wildman–Crippen LogP) is 3.09. The monoisotopic (exact) mass is 408 g/mol. The Labute approximate surface area is 179 Å². The van der Waals surface area contributed by atoms with Gasteiger partial charge in [0.2, 0.25) is 5.95 Å². The maximum absolute atomic E-state index is 6.21. The molecule has 0 bridgehead atoms. The Balaban J connectivity index is 1.28. The predicted molar refractivity (Wildman–Crippen MR) is 120 cm³/mol. The minimum atomic E-state index is 0.375. The second kappa shape index (κ2) is 10.3. The highest BCUT2D eigenvalue weighted by atomic mass is 16.5. The fraction of sp³-hybridized carbons (Fsp3) is 0.522. The van der Waals surface area contributed by atoms with E-state index in [1.54, 1.807) is 12.4 Å². The molecule has 1 saturated carbocycles. The number of hydrogen-bond donors (Lipinski definition) is 1. The first-order chi connectivity index (χ1) is 14.8. The molecule has 160 valence electrons. The average molecular weight is 409 g/mol. The number of rotatable bonds is 5. The first kappa shape index (κ1) is 20.4. The van der Waals surface area contributed by atoms with Crippen LogP contribution in [0.5, 0.6) is 5.75 Å². The van der Waals surface area contributed by atoms with E-state index in [1.165, 1.54) is 37.7 Å². The summed E-state index contributed by atoms with van der Waals surface area (Å²) < 4.78 is 6.21. The van der Waals surface area contributed by atoms with Crippen LogP contribution in [0.4, 0.5) is 5.95 Å². The Morgan fingerprint density at radius 3 is 2.57 bits per heavy atom. The third-order valence-corrected chi connectivity index (χ3v) is 5.83. The van der Waals surface area contributed by atoms with Gasteiger partial charge in [-0.15, -0.1) is 0 Å². The molecule has 2 aliphatic rings. The van der Waals surface area contributed by atoms with E-state index in [2.05, 4.69) is 54.3 Å². The van der Waals surface area contributed by atoms with Crippen LogP contribution in [0.25, 0.3) is 0 Å². The van der Waals surface area contributed by atoms with E-state index in [9.17, 15) is 0 Å². The van der Waals surface area contributed by atoms with Crippen LogP contribution in [0.15, 0.2) is 47.7 Å². The molecule has 0 unspecified atom stereocenters. The molecular formula is C23H32N6O. The van der Waals surface area contributed by atoms with Gasteiger partial charge in [-0.2, -0.15) is 0 Å². The smallest absolute Gasteiger partial charge is 0.225 e. The van der Waals surface area contributed by atoms with Crippen molar-refractivity contribution in [3.05, 3.63) is 48.3 Å². The Morgan fingerprint density at radius 1 is 1.07 bits per heavy atom. The van der Waals surface area contributed by atoms with Crippen molar-refractivity contribution in [2.45, 2.75) is 44.8 Å². The molecule has 0 amide bonds. The summed E-state index contributed by atoms with van der Waals surface area (Å²) in [4.78, 5) is 17.7. The molecule has 1 aliphatic carbocycles. The number of aromatic nitrogens is 2. The molecule has 2 fully saturated rings. The van der Waals surface area contributed by atoms with Crippen molar-refractivity contribution < 1.29 is 4.74 Å². The molecule has 1 aromatic heterocycles. The zero-order chi connectivity index (χ0) is 20.6. The lowest BCUT2D eigenvalue weighted by Gasteiger charge is -2.36. The largest absolute Gasteiger partial charge is 0.490 e. The van der Waals surface area contributed by atoms with Gasteiger partial charge >= 0.3 is 0 Å². The highest BCUT2D eigenvalue weighted by Gasteiger charge is 2.21. The highest BCUT2D eigenvalue weighted by Crippen LogP contribution is 2.24. The SMILES string of the molecule is CN=C(NCc1cccc(OC2CCCCC2)c1)N1CCN(c2ncccn2)CC1. The standard InChI is InChI=1S/C23H32N6O/c1-24-22(28-13-15-29(16-14-28)23-25-11-6-12-26-23)27-18-19-7-5-10-21(17-19)30-20-8-3-2-4-9-20/h5-7,10-12,17,20H,2-4,8-9,13-16,18H2,1H3,(H,24,27). The van der Waals surface area contributed by atoms with Gasteiger partial charge in [-0.1, -0.05) is 18.6 Å². The maximum atomic E-state index is 6.21. The first-order valence-corrected chi connectivity index (χ1v) is 11.0. The van der Waals surface area contributed by atoms with E-state index in [-0.39, 0.29) is 0 Å². The molecule has 1 aliphatic heterocycles. The Bertz CT molecular complexity index is 813. The number of anilines is 1. The van der Waals surface area contributed by atoms with E-state index in [0.29, 0.717) is 6.10 Å². The summed E-state index contributed by atoms with van der Waals surface area (Å²) in [5.41, 5.74) is 1.21. The second-order valence-electron chi connectivity index (χ2n) is 7.95. The number of benzene rings is 1. The van der Waals surface area contributed by atoms with Gasteiger partial charge in [-0.25, -0.2) is 9.97 Å². The molecular weight excluding hydrogens is 376 g/mol. The second-order valence-corrected chi connectivity index (χ2v) is 7.95. The van der Waals surface area contributed by atoms with Crippen LogP contribution in [-0.2, 0) is 6.54 Å². The van der Waals surface area contributed by atoms with Crippen LogP contribution in [-0.4, -0.2) is 60.2 Å². The Kier molecular flexibility index (Phi) is 7.00. The van der Waals surface area contributed by atoms with E-state index in [4.69, 9.17) is 4.74 Å². The summed E-state index contributed by atoms with van der Waals surface area (Å²) in [5, 5.41) is 3.51. The zero-order valence-electron chi connectivity index (χ0n) is 17.8. The molecule has 4 rings (SSSR count). The van der Waals surface area contributed by atoms with Crippen molar-refractivity contribution in [2.75, 3.05) is 38.1 Å². The fourth-order valence-corrected chi connectivity index (χ4v) is 4.19. The van der Waals surface area contributed by atoms with Gasteiger partial charge in [0, 0.05) is 52.2 Å². The topological polar surface area (TPSA) is 65.9 Å². The lowest BCUT2D eigenvalue weighted by Crippen LogP contribution is -2.52. The van der Waals surface area contributed by atoms with Gasteiger partial charge in [0.15, 0.2) is 5.96 Å². The van der Waals surface area contributed by atoms with Gasteiger partial charge in [-0.3, -0.25) is 4.99 Å². The minimum Gasteiger partial charge on any atom is -0.490 e. The number of hydrogen-bond acceptors (Lipinski definition) is 5. The summed E-state index contributed by atoms with van der Waals surface area (Å²) in [6, 6.07) is 10.3. The van der Waals surface area contributed by atoms with Crippen LogP contribution in [0.3, 0.4) is 0 Å².